The number of hydrogen-bond donors (Lipinski definition) is 2. The van der Waals surface area contributed by atoms with E-state index in [1.54, 1.807) is 13.2 Å². The van der Waals surface area contributed by atoms with Crippen LogP contribution >= 0.6 is 0 Å². The van der Waals surface area contributed by atoms with Crippen molar-refractivity contribution in [3.05, 3.63) is 53.6 Å². The van der Waals surface area contributed by atoms with E-state index in [1.165, 1.54) is 5.56 Å². The predicted octanol–water partition coefficient (Wildman–Crippen LogP) is 3.06. The molecule has 2 rings (SSSR count). The van der Waals surface area contributed by atoms with E-state index in [4.69, 9.17) is 15.9 Å². The van der Waals surface area contributed by atoms with Crippen LogP contribution in [0, 0.1) is 12.3 Å². The number of nitrogens with two attached hydrogens (primary N) is 1. The van der Waals surface area contributed by atoms with Gasteiger partial charge in [0.2, 0.25) is 0 Å². The van der Waals surface area contributed by atoms with E-state index in [0.29, 0.717) is 5.56 Å². The lowest BCUT2D eigenvalue weighted by molar-refractivity contribution is 0.415. The lowest BCUT2D eigenvalue weighted by Gasteiger charge is -2.23. The number of hydrogen-bond acceptors (Lipinski definition) is 3. The van der Waals surface area contributed by atoms with Gasteiger partial charge in [-0.25, -0.2) is 0 Å². The quantitative estimate of drug-likeness (QED) is 0.662. The summed E-state index contributed by atoms with van der Waals surface area (Å²) in [6.07, 6.45) is 0. The van der Waals surface area contributed by atoms with Crippen molar-refractivity contribution in [2.24, 2.45) is 5.73 Å². The molecule has 0 bridgehead atoms. The number of aryl methyl sites for hydroxylation is 1. The molecule has 0 heterocycles. The molecule has 0 saturated carbocycles. The molecule has 4 nitrogen and oxygen atoms in total. The Bertz CT molecular complexity index is 620. The largest absolute Gasteiger partial charge is 0.497 e. The third-order valence-electron chi connectivity index (χ3n) is 3.28. The van der Waals surface area contributed by atoms with E-state index < -0.39 is 0 Å². The van der Waals surface area contributed by atoms with Gasteiger partial charge in [0.1, 0.15) is 11.6 Å². The first-order valence-electron chi connectivity index (χ1n) is 6.35. The highest BCUT2D eigenvalue weighted by atomic mass is 16.5. The van der Waals surface area contributed by atoms with E-state index in [0.717, 1.165) is 17.1 Å². The molecular weight excluding hydrogens is 250 g/mol. The van der Waals surface area contributed by atoms with Gasteiger partial charge in [-0.1, -0.05) is 17.7 Å². The van der Waals surface area contributed by atoms with E-state index >= 15 is 0 Å². The summed E-state index contributed by atoms with van der Waals surface area (Å²) in [6.45, 7) is 2.05. The van der Waals surface area contributed by atoms with Gasteiger partial charge in [0.25, 0.3) is 0 Å². The Morgan fingerprint density at radius 2 is 1.80 bits per heavy atom. The van der Waals surface area contributed by atoms with Crippen LogP contribution in [0.15, 0.2) is 42.5 Å². The number of nitrogens with zero attached hydrogens (tertiary/aromatic N) is 1. The second-order valence-corrected chi connectivity index (χ2v) is 4.69. The highest BCUT2D eigenvalue weighted by Crippen LogP contribution is 2.30. The maximum Gasteiger partial charge on any atom is 0.124 e. The second kappa shape index (κ2) is 5.65. The first kappa shape index (κ1) is 13.9. The number of ether oxygens (including phenoxy) is 1. The number of nitrogens with one attached hydrogen (secondary N) is 1. The summed E-state index contributed by atoms with van der Waals surface area (Å²) in [5.74, 6) is 0.783. The Morgan fingerprint density at radius 3 is 2.35 bits per heavy atom. The fourth-order valence-corrected chi connectivity index (χ4v) is 2.05. The molecule has 3 N–H and O–H groups in total. The van der Waals surface area contributed by atoms with E-state index in [2.05, 4.69) is 19.1 Å². The van der Waals surface area contributed by atoms with Gasteiger partial charge in [0, 0.05) is 24.4 Å². The van der Waals surface area contributed by atoms with E-state index in [9.17, 15) is 0 Å². The van der Waals surface area contributed by atoms with Crippen LogP contribution in [0.5, 0.6) is 5.75 Å². The Morgan fingerprint density at radius 1 is 1.15 bits per heavy atom. The highest BCUT2D eigenvalue weighted by molar-refractivity contribution is 6.01. The van der Waals surface area contributed by atoms with E-state index in [-0.39, 0.29) is 5.84 Å². The standard InChI is InChI=1S/C16H19N3O/c1-11-4-6-12(7-5-11)19(2)15-10-13(20-3)8-9-14(15)16(17)18/h4-10H,1-3H3,(H3,17,18). The molecule has 2 aromatic carbocycles. The fourth-order valence-electron chi connectivity index (χ4n) is 2.05. The van der Waals surface area contributed by atoms with Gasteiger partial charge in [0.15, 0.2) is 0 Å². The zero-order valence-electron chi connectivity index (χ0n) is 12.0. The van der Waals surface area contributed by atoms with Crippen molar-refractivity contribution in [2.45, 2.75) is 6.92 Å². The van der Waals surface area contributed by atoms with Gasteiger partial charge >= 0.3 is 0 Å². The number of nitrogen functional groups attached to an aromatic ring is 1. The summed E-state index contributed by atoms with van der Waals surface area (Å²) in [6, 6.07) is 13.7. The molecule has 0 unspecified atom stereocenters. The maximum absolute atomic E-state index is 7.70. The minimum Gasteiger partial charge on any atom is -0.497 e. The van der Waals surface area contributed by atoms with Gasteiger partial charge in [0.05, 0.1) is 12.8 Å². The third kappa shape index (κ3) is 2.74. The summed E-state index contributed by atoms with van der Waals surface area (Å²) in [5, 5.41) is 7.70. The molecule has 0 saturated heterocycles. The molecule has 4 heteroatoms. The third-order valence-corrected chi connectivity index (χ3v) is 3.28. The molecule has 0 radical (unpaired) electrons. The van der Waals surface area contributed by atoms with Gasteiger partial charge in [-0.2, -0.15) is 0 Å². The van der Waals surface area contributed by atoms with Crippen molar-refractivity contribution in [3.63, 3.8) is 0 Å². The molecule has 0 spiro atoms. The van der Waals surface area contributed by atoms with Crippen LogP contribution in [0.25, 0.3) is 0 Å². The van der Waals surface area contributed by atoms with Crippen LogP contribution < -0.4 is 15.4 Å². The maximum atomic E-state index is 7.70. The van der Waals surface area contributed by atoms with Gasteiger partial charge in [-0.3, -0.25) is 5.41 Å². The fraction of sp³-hybridized carbons (Fsp3) is 0.188. The minimum absolute atomic E-state index is 0.0432. The Hall–Kier alpha value is -2.49. The van der Waals surface area contributed by atoms with Crippen LogP contribution in [0.3, 0.4) is 0 Å². The molecule has 0 amide bonds. The van der Waals surface area contributed by atoms with Crippen LogP contribution in [-0.2, 0) is 0 Å². The van der Waals surface area contributed by atoms with E-state index in [1.807, 2.05) is 36.2 Å². The average Bonchev–Trinajstić information content (AvgIpc) is 2.46. The zero-order valence-corrected chi connectivity index (χ0v) is 12.0. The zero-order chi connectivity index (χ0) is 14.7. The molecule has 0 aliphatic rings. The van der Waals surface area contributed by atoms with Crippen LogP contribution in [-0.4, -0.2) is 20.0 Å². The second-order valence-electron chi connectivity index (χ2n) is 4.69. The van der Waals surface area contributed by atoms with Crippen molar-refractivity contribution >= 4 is 17.2 Å². The molecule has 104 valence electrons. The molecule has 0 atom stereocenters. The van der Waals surface area contributed by atoms with Crippen molar-refractivity contribution in [3.8, 4) is 5.75 Å². The highest BCUT2D eigenvalue weighted by Gasteiger charge is 2.12. The number of benzene rings is 2. The summed E-state index contributed by atoms with van der Waals surface area (Å²) in [7, 11) is 3.57. The normalized spacial score (nSPS) is 10.2. The van der Waals surface area contributed by atoms with Crippen LogP contribution in [0.1, 0.15) is 11.1 Å². The molecule has 0 aromatic heterocycles. The summed E-state index contributed by atoms with van der Waals surface area (Å²) < 4.78 is 5.26. The number of methoxy groups -OCH3 is 1. The minimum atomic E-state index is 0.0432. The van der Waals surface area contributed by atoms with Crippen molar-refractivity contribution in [1.29, 1.82) is 5.41 Å². The Labute approximate surface area is 119 Å². The molecule has 0 aliphatic carbocycles. The van der Waals surface area contributed by atoms with Crippen molar-refractivity contribution in [1.82, 2.24) is 0 Å². The Balaban J connectivity index is 2.48. The van der Waals surface area contributed by atoms with Gasteiger partial charge in [-0.15, -0.1) is 0 Å². The molecule has 0 aliphatic heterocycles. The molecular formula is C16H19N3O. The SMILES string of the molecule is COc1ccc(C(=N)N)c(N(C)c2ccc(C)cc2)c1. The van der Waals surface area contributed by atoms with Crippen LogP contribution in [0.4, 0.5) is 11.4 Å². The summed E-state index contributed by atoms with van der Waals surface area (Å²) >= 11 is 0. The summed E-state index contributed by atoms with van der Waals surface area (Å²) in [4.78, 5) is 2.00. The molecule has 2 aromatic rings. The number of anilines is 2. The first-order valence-corrected chi connectivity index (χ1v) is 6.35. The van der Waals surface area contributed by atoms with Crippen LogP contribution in [0.2, 0.25) is 0 Å². The lowest BCUT2D eigenvalue weighted by Crippen LogP contribution is -2.18. The molecule has 20 heavy (non-hydrogen) atoms. The average molecular weight is 269 g/mol. The van der Waals surface area contributed by atoms with Gasteiger partial charge < -0.3 is 15.4 Å². The smallest absolute Gasteiger partial charge is 0.124 e. The number of amidine groups is 1. The molecule has 0 fully saturated rings. The van der Waals surface area contributed by atoms with Gasteiger partial charge in [-0.05, 0) is 31.2 Å². The van der Waals surface area contributed by atoms with Crippen molar-refractivity contribution < 1.29 is 4.74 Å². The monoisotopic (exact) mass is 269 g/mol. The Kier molecular flexibility index (Phi) is 3.94. The number of rotatable bonds is 4. The lowest BCUT2D eigenvalue weighted by atomic mass is 10.1. The van der Waals surface area contributed by atoms with Crippen molar-refractivity contribution in [2.75, 3.05) is 19.1 Å². The summed E-state index contributed by atoms with van der Waals surface area (Å²) in [5.41, 5.74) is 9.44. The predicted molar refractivity (Wildman–Crippen MR) is 83.3 cm³/mol. The first-order chi connectivity index (χ1) is 9.52. The topological polar surface area (TPSA) is 62.3 Å².